The van der Waals surface area contributed by atoms with E-state index in [9.17, 15) is 35.7 Å². The number of benzene rings is 2. The van der Waals surface area contributed by atoms with Gasteiger partial charge in [-0.25, -0.2) is 0 Å². The van der Waals surface area contributed by atoms with Gasteiger partial charge in [0.05, 0.1) is 27.4 Å². The molecule has 0 amide bonds. The summed E-state index contributed by atoms with van der Waals surface area (Å²) in [6.07, 6.45) is -6.29. The molecule has 1 aliphatic rings. The van der Waals surface area contributed by atoms with Crippen molar-refractivity contribution in [2.24, 2.45) is 11.8 Å². The molecule has 0 aliphatic carbocycles. The number of hydrogen-bond acceptors (Lipinski definition) is 11. The lowest BCUT2D eigenvalue weighted by molar-refractivity contribution is -0.304. The van der Waals surface area contributed by atoms with Crippen molar-refractivity contribution in [3.8, 4) is 23.0 Å². The molecule has 3 rings (SSSR count). The van der Waals surface area contributed by atoms with Crippen molar-refractivity contribution in [3.05, 3.63) is 47.5 Å². The molecule has 7 N–H and O–H groups in total. The molecule has 1 aliphatic heterocycles. The lowest BCUT2D eigenvalue weighted by Crippen LogP contribution is -2.59. The molecule has 1 fully saturated rings. The highest BCUT2D eigenvalue weighted by Crippen LogP contribution is 2.32. The van der Waals surface area contributed by atoms with Crippen molar-refractivity contribution in [2.75, 3.05) is 34.0 Å². The fourth-order valence-electron chi connectivity index (χ4n) is 4.47. The summed E-state index contributed by atoms with van der Waals surface area (Å²) < 4.78 is 21.7. The van der Waals surface area contributed by atoms with E-state index >= 15 is 0 Å². The highest BCUT2D eigenvalue weighted by atomic mass is 16.7. The van der Waals surface area contributed by atoms with E-state index in [0.717, 1.165) is 11.1 Å². The smallest absolute Gasteiger partial charge is 0.186 e. The predicted octanol–water partition coefficient (Wildman–Crippen LogP) is -0.0586. The average Bonchev–Trinajstić information content (AvgIpc) is 2.91. The van der Waals surface area contributed by atoms with Gasteiger partial charge < -0.3 is 54.7 Å². The Bertz CT molecular complexity index is 998. The molecule has 37 heavy (non-hydrogen) atoms. The Morgan fingerprint density at radius 3 is 1.81 bits per heavy atom. The number of phenolic OH excluding ortho intramolecular Hbond substituents is 2. The van der Waals surface area contributed by atoms with Gasteiger partial charge in [-0.3, -0.25) is 0 Å². The van der Waals surface area contributed by atoms with Gasteiger partial charge in [-0.05, 0) is 60.1 Å². The van der Waals surface area contributed by atoms with E-state index in [0.29, 0.717) is 18.6 Å². The summed E-state index contributed by atoms with van der Waals surface area (Å²) in [5.74, 6) is -0.160. The molecule has 0 unspecified atom stereocenters. The summed E-state index contributed by atoms with van der Waals surface area (Å²) in [5, 5.41) is 70.1. The van der Waals surface area contributed by atoms with Crippen LogP contribution < -0.4 is 9.47 Å². The standard InChI is InChI=1S/C26H36O11/c1-34-20-9-14(3-5-18(20)29)7-16(11-27)17(8-15-4-6-19(30)21(10-15)35-2)13-36-26-25(33)24(32)23(31)22(12-28)37-26/h3-6,9-10,16-17,22-33H,7-8,11-13H2,1-2H3/t16-,17-,22+,23-,24-,25-,26-/m1/s1. The van der Waals surface area contributed by atoms with Gasteiger partial charge in [0, 0.05) is 6.61 Å². The molecule has 1 heterocycles. The Morgan fingerprint density at radius 2 is 1.32 bits per heavy atom. The Labute approximate surface area is 215 Å². The van der Waals surface area contributed by atoms with Gasteiger partial charge >= 0.3 is 0 Å². The maximum atomic E-state index is 10.4. The number of ether oxygens (including phenoxy) is 4. The quantitative estimate of drug-likeness (QED) is 0.198. The third kappa shape index (κ3) is 7.02. The molecule has 206 valence electrons. The van der Waals surface area contributed by atoms with Gasteiger partial charge in [-0.2, -0.15) is 0 Å². The first-order valence-electron chi connectivity index (χ1n) is 12.0. The monoisotopic (exact) mass is 524 g/mol. The molecule has 11 nitrogen and oxygen atoms in total. The molecule has 0 saturated carbocycles. The lowest BCUT2D eigenvalue weighted by Gasteiger charge is -2.40. The Hall–Kier alpha value is -2.64. The van der Waals surface area contributed by atoms with Crippen LogP contribution in [0.2, 0.25) is 0 Å². The van der Waals surface area contributed by atoms with E-state index < -0.39 is 37.3 Å². The molecule has 2 aromatic rings. The summed E-state index contributed by atoms with van der Waals surface area (Å²) in [7, 11) is 2.88. The van der Waals surface area contributed by atoms with Crippen LogP contribution in [-0.2, 0) is 22.3 Å². The molecule has 0 radical (unpaired) electrons. The first-order valence-corrected chi connectivity index (χ1v) is 12.0. The summed E-state index contributed by atoms with van der Waals surface area (Å²) in [5.41, 5.74) is 1.59. The second-order valence-electron chi connectivity index (χ2n) is 9.15. The highest BCUT2D eigenvalue weighted by molar-refractivity contribution is 5.43. The van der Waals surface area contributed by atoms with E-state index in [1.54, 1.807) is 24.3 Å². The zero-order valence-electron chi connectivity index (χ0n) is 20.8. The Balaban J connectivity index is 1.83. The third-order valence-corrected chi connectivity index (χ3v) is 6.71. The normalized spacial score (nSPS) is 25.4. The number of aromatic hydroxyl groups is 2. The van der Waals surface area contributed by atoms with Gasteiger partial charge in [0.1, 0.15) is 24.4 Å². The number of phenols is 2. The molecule has 2 aromatic carbocycles. The minimum absolute atomic E-state index is 0.00881. The molecular weight excluding hydrogens is 488 g/mol. The minimum atomic E-state index is -1.58. The van der Waals surface area contributed by atoms with E-state index in [2.05, 4.69) is 0 Å². The fourth-order valence-corrected chi connectivity index (χ4v) is 4.47. The highest BCUT2D eigenvalue weighted by Gasteiger charge is 2.44. The number of hydrogen-bond donors (Lipinski definition) is 7. The summed E-state index contributed by atoms with van der Waals surface area (Å²) in [6.45, 7) is -0.822. The van der Waals surface area contributed by atoms with Crippen molar-refractivity contribution >= 4 is 0 Å². The van der Waals surface area contributed by atoms with E-state index in [4.69, 9.17) is 18.9 Å². The van der Waals surface area contributed by atoms with Crippen molar-refractivity contribution in [2.45, 2.75) is 43.5 Å². The SMILES string of the molecule is COc1cc(C[C@H](CO)[C@@H](CO[C@@H]2O[C@@H](CO)[C@@H](O)[C@@H](O)[C@H]2O)Cc2ccc(O)c(OC)c2)ccc1O. The van der Waals surface area contributed by atoms with Crippen LogP contribution in [0.1, 0.15) is 11.1 Å². The molecule has 0 bridgehead atoms. The maximum absolute atomic E-state index is 10.4. The second kappa shape index (κ2) is 13.2. The van der Waals surface area contributed by atoms with Crippen molar-refractivity contribution in [1.82, 2.24) is 0 Å². The van der Waals surface area contributed by atoms with Crippen LogP contribution in [0, 0.1) is 11.8 Å². The minimum Gasteiger partial charge on any atom is -0.504 e. The molecule has 0 spiro atoms. The average molecular weight is 525 g/mol. The van der Waals surface area contributed by atoms with Crippen LogP contribution >= 0.6 is 0 Å². The van der Waals surface area contributed by atoms with Crippen LogP contribution in [-0.4, -0.2) is 100 Å². The first-order chi connectivity index (χ1) is 17.7. The van der Waals surface area contributed by atoms with E-state index in [-0.39, 0.29) is 42.3 Å². The summed E-state index contributed by atoms with van der Waals surface area (Å²) >= 11 is 0. The first kappa shape index (κ1) is 28.9. The zero-order chi connectivity index (χ0) is 27.1. The topological polar surface area (TPSA) is 179 Å². The van der Waals surface area contributed by atoms with Gasteiger partial charge in [0.15, 0.2) is 29.3 Å². The number of aliphatic hydroxyl groups is 5. The number of aliphatic hydroxyl groups excluding tert-OH is 5. The van der Waals surface area contributed by atoms with Gasteiger partial charge in [-0.15, -0.1) is 0 Å². The van der Waals surface area contributed by atoms with Crippen LogP contribution in [0.15, 0.2) is 36.4 Å². The fraction of sp³-hybridized carbons (Fsp3) is 0.538. The Kier molecular flexibility index (Phi) is 10.4. The number of rotatable bonds is 12. The maximum Gasteiger partial charge on any atom is 0.186 e. The zero-order valence-corrected chi connectivity index (χ0v) is 20.8. The van der Waals surface area contributed by atoms with Crippen LogP contribution in [0.4, 0.5) is 0 Å². The van der Waals surface area contributed by atoms with Crippen molar-refractivity contribution < 1.29 is 54.7 Å². The molecule has 7 atom stereocenters. The molecule has 1 saturated heterocycles. The molecular formula is C26H36O11. The largest absolute Gasteiger partial charge is 0.504 e. The lowest BCUT2D eigenvalue weighted by atomic mass is 9.83. The van der Waals surface area contributed by atoms with Gasteiger partial charge in [0.25, 0.3) is 0 Å². The molecule has 0 aromatic heterocycles. The third-order valence-electron chi connectivity index (χ3n) is 6.71. The summed E-state index contributed by atoms with van der Waals surface area (Å²) in [6, 6.07) is 9.80. The van der Waals surface area contributed by atoms with E-state index in [1.165, 1.54) is 26.4 Å². The van der Waals surface area contributed by atoms with E-state index in [1.807, 2.05) is 0 Å². The van der Waals surface area contributed by atoms with Crippen LogP contribution in [0.3, 0.4) is 0 Å². The van der Waals surface area contributed by atoms with Crippen LogP contribution in [0.5, 0.6) is 23.0 Å². The predicted molar refractivity (Wildman–Crippen MR) is 131 cm³/mol. The summed E-state index contributed by atoms with van der Waals surface area (Å²) in [4.78, 5) is 0. The van der Waals surface area contributed by atoms with Gasteiger partial charge in [-0.1, -0.05) is 12.1 Å². The van der Waals surface area contributed by atoms with Gasteiger partial charge in [0.2, 0.25) is 0 Å². The second-order valence-corrected chi connectivity index (χ2v) is 9.15. The molecule has 11 heteroatoms. The Morgan fingerprint density at radius 1 is 0.784 bits per heavy atom. The number of methoxy groups -OCH3 is 2. The van der Waals surface area contributed by atoms with Crippen molar-refractivity contribution in [3.63, 3.8) is 0 Å². The van der Waals surface area contributed by atoms with Crippen LogP contribution in [0.25, 0.3) is 0 Å². The van der Waals surface area contributed by atoms with Crippen molar-refractivity contribution in [1.29, 1.82) is 0 Å².